The fourth-order valence-electron chi connectivity index (χ4n) is 6.69. The molecule has 1 N–H and O–H groups in total. The van der Waals surface area contributed by atoms with Crippen LogP contribution in [0.3, 0.4) is 0 Å². The molecular formula is C33H31NO2. The van der Waals surface area contributed by atoms with Crippen molar-refractivity contribution in [2.75, 3.05) is 18.5 Å². The van der Waals surface area contributed by atoms with Gasteiger partial charge in [-0.15, -0.1) is 0 Å². The van der Waals surface area contributed by atoms with E-state index in [-0.39, 0.29) is 11.7 Å². The van der Waals surface area contributed by atoms with Crippen molar-refractivity contribution >= 4 is 11.4 Å². The molecule has 0 radical (unpaired) electrons. The van der Waals surface area contributed by atoms with Gasteiger partial charge >= 0.3 is 0 Å². The second-order valence-electron chi connectivity index (χ2n) is 10.3. The van der Waals surface area contributed by atoms with Gasteiger partial charge in [-0.05, 0) is 94.1 Å². The molecule has 0 bridgehead atoms. The first-order chi connectivity index (χ1) is 17.7. The SMILES string of the molecule is CCC1(CC)c2cc(Nc3ccc4c(c3)Cc3ccccc3-4)ccc2-c2ccc(C3OCCO3)cc21. The highest BCUT2D eigenvalue weighted by Gasteiger charge is 2.41. The summed E-state index contributed by atoms with van der Waals surface area (Å²) in [5, 5.41) is 3.72. The highest BCUT2D eigenvalue weighted by molar-refractivity contribution is 5.84. The van der Waals surface area contributed by atoms with Gasteiger partial charge in [0.1, 0.15) is 0 Å². The van der Waals surface area contributed by atoms with Crippen molar-refractivity contribution in [2.45, 2.75) is 44.8 Å². The summed E-state index contributed by atoms with van der Waals surface area (Å²) in [6.45, 7) is 5.96. The van der Waals surface area contributed by atoms with E-state index in [0.29, 0.717) is 13.2 Å². The summed E-state index contributed by atoms with van der Waals surface area (Å²) in [6.07, 6.45) is 2.87. The summed E-state index contributed by atoms with van der Waals surface area (Å²) >= 11 is 0. The predicted octanol–water partition coefficient (Wildman–Crippen LogP) is 8.13. The zero-order chi connectivity index (χ0) is 24.3. The van der Waals surface area contributed by atoms with E-state index in [0.717, 1.165) is 36.2 Å². The van der Waals surface area contributed by atoms with E-state index >= 15 is 0 Å². The molecule has 3 nitrogen and oxygen atoms in total. The van der Waals surface area contributed by atoms with Gasteiger partial charge in [0.15, 0.2) is 6.29 Å². The van der Waals surface area contributed by atoms with Crippen LogP contribution in [0.1, 0.15) is 60.8 Å². The molecule has 36 heavy (non-hydrogen) atoms. The molecule has 2 aliphatic carbocycles. The van der Waals surface area contributed by atoms with Gasteiger partial charge in [-0.2, -0.15) is 0 Å². The lowest BCUT2D eigenvalue weighted by molar-refractivity contribution is -0.0441. The van der Waals surface area contributed by atoms with Crippen molar-refractivity contribution in [3.63, 3.8) is 0 Å². The summed E-state index contributed by atoms with van der Waals surface area (Å²) in [6, 6.07) is 29.2. The van der Waals surface area contributed by atoms with Crippen molar-refractivity contribution in [3.05, 3.63) is 107 Å². The molecule has 0 saturated carbocycles. The molecule has 0 atom stereocenters. The fourth-order valence-corrected chi connectivity index (χ4v) is 6.69. The lowest BCUT2D eigenvalue weighted by Crippen LogP contribution is -2.23. The Morgan fingerprint density at radius 1 is 0.694 bits per heavy atom. The normalized spacial score (nSPS) is 16.9. The van der Waals surface area contributed by atoms with Gasteiger partial charge < -0.3 is 14.8 Å². The van der Waals surface area contributed by atoms with Crippen LogP contribution in [-0.4, -0.2) is 13.2 Å². The molecule has 4 aromatic rings. The van der Waals surface area contributed by atoms with Gasteiger partial charge in [0.05, 0.1) is 13.2 Å². The molecule has 4 aromatic carbocycles. The van der Waals surface area contributed by atoms with E-state index in [4.69, 9.17) is 9.47 Å². The van der Waals surface area contributed by atoms with Gasteiger partial charge in [-0.25, -0.2) is 0 Å². The van der Waals surface area contributed by atoms with Crippen LogP contribution in [0.4, 0.5) is 11.4 Å². The zero-order valence-electron chi connectivity index (χ0n) is 20.9. The Kier molecular flexibility index (Phi) is 5.06. The minimum Gasteiger partial charge on any atom is -0.356 e. The Labute approximate surface area is 213 Å². The fraction of sp³-hybridized carbons (Fsp3) is 0.273. The van der Waals surface area contributed by atoms with E-state index in [1.54, 1.807) is 0 Å². The Hall–Kier alpha value is -3.40. The third-order valence-electron chi connectivity index (χ3n) is 8.57. The second kappa shape index (κ2) is 8.33. The molecule has 1 fully saturated rings. The quantitative estimate of drug-likeness (QED) is 0.279. The van der Waals surface area contributed by atoms with Crippen molar-refractivity contribution in [3.8, 4) is 22.3 Å². The van der Waals surface area contributed by atoms with Crippen LogP contribution in [0, 0.1) is 0 Å². The van der Waals surface area contributed by atoms with Crippen LogP contribution < -0.4 is 5.32 Å². The largest absolute Gasteiger partial charge is 0.356 e. The van der Waals surface area contributed by atoms with Crippen LogP contribution in [0.15, 0.2) is 78.9 Å². The predicted molar refractivity (Wildman–Crippen MR) is 146 cm³/mol. The Morgan fingerprint density at radius 2 is 1.33 bits per heavy atom. The molecule has 7 rings (SSSR count). The molecular weight excluding hydrogens is 442 g/mol. The lowest BCUT2D eigenvalue weighted by atomic mass is 9.73. The van der Waals surface area contributed by atoms with Crippen molar-refractivity contribution < 1.29 is 9.47 Å². The maximum atomic E-state index is 5.82. The molecule has 180 valence electrons. The topological polar surface area (TPSA) is 30.5 Å². The maximum absolute atomic E-state index is 5.82. The highest BCUT2D eigenvalue weighted by atomic mass is 16.7. The summed E-state index contributed by atoms with van der Waals surface area (Å²) in [5.41, 5.74) is 14.5. The van der Waals surface area contributed by atoms with Gasteiger partial charge in [0, 0.05) is 22.4 Å². The number of anilines is 2. The average molecular weight is 474 g/mol. The van der Waals surface area contributed by atoms with E-state index in [2.05, 4.69) is 98.0 Å². The summed E-state index contributed by atoms with van der Waals surface area (Å²) < 4.78 is 11.6. The second-order valence-corrected chi connectivity index (χ2v) is 10.3. The minimum absolute atomic E-state index is 0.00342. The van der Waals surface area contributed by atoms with Crippen molar-refractivity contribution in [2.24, 2.45) is 0 Å². The van der Waals surface area contributed by atoms with Crippen molar-refractivity contribution in [1.29, 1.82) is 0 Å². The Balaban J connectivity index is 1.24. The number of ether oxygens (including phenoxy) is 2. The van der Waals surface area contributed by atoms with E-state index in [9.17, 15) is 0 Å². The number of rotatable bonds is 5. The van der Waals surface area contributed by atoms with E-state index in [1.165, 1.54) is 44.5 Å². The standard InChI is InChI=1S/C33H31NO2/c1-3-33(4-2)30-19-22(32-35-15-16-36-32)9-12-28(30)29-14-11-25(20-31(29)33)34-24-10-13-27-23(18-24)17-21-7-5-6-8-26(21)27/h5-14,18-20,32,34H,3-4,15-17H2,1-2H3. The zero-order valence-corrected chi connectivity index (χ0v) is 20.9. The number of hydrogen-bond acceptors (Lipinski definition) is 3. The highest BCUT2D eigenvalue weighted by Crippen LogP contribution is 2.54. The van der Waals surface area contributed by atoms with Crippen LogP contribution in [0.5, 0.6) is 0 Å². The minimum atomic E-state index is -0.242. The maximum Gasteiger partial charge on any atom is 0.184 e. The number of hydrogen-bond donors (Lipinski definition) is 1. The molecule has 0 aromatic heterocycles. The lowest BCUT2D eigenvalue weighted by Gasteiger charge is -2.30. The van der Waals surface area contributed by atoms with Gasteiger partial charge in [0.25, 0.3) is 0 Å². The summed E-state index contributed by atoms with van der Waals surface area (Å²) in [4.78, 5) is 0. The van der Waals surface area contributed by atoms with Gasteiger partial charge in [-0.3, -0.25) is 0 Å². The first kappa shape index (κ1) is 21.8. The monoisotopic (exact) mass is 473 g/mol. The van der Waals surface area contributed by atoms with Crippen LogP contribution in [0.2, 0.25) is 0 Å². The molecule has 3 aliphatic rings. The van der Waals surface area contributed by atoms with Crippen LogP contribution in [0.25, 0.3) is 22.3 Å². The molecule has 0 spiro atoms. The van der Waals surface area contributed by atoms with E-state index < -0.39 is 0 Å². The third-order valence-corrected chi connectivity index (χ3v) is 8.57. The Bertz CT molecular complexity index is 1480. The molecule has 0 amide bonds. The summed E-state index contributed by atoms with van der Waals surface area (Å²) in [7, 11) is 0. The first-order valence-electron chi connectivity index (χ1n) is 13.2. The first-order valence-corrected chi connectivity index (χ1v) is 13.2. The molecule has 0 unspecified atom stereocenters. The van der Waals surface area contributed by atoms with Crippen LogP contribution in [-0.2, 0) is 21.3 Å². The van der Waals surface area contributed by atoms with Crippen molar-refractivity contribution in [1.82, 2.24) is 0 Å². The third kappa shape index (κ3) is 3.20. The van der Waals surface area contributed by atoms with Gasteiger partial charge in [0.2, 0.25) is 0 Å². The van der Waals surface area contributed by atoms with E-state index in [1.807, 2.05) is 0 Å². The molecule has 1 saturated heterocycles. The average Bonchev–Trinajstić information content (AvgIpc) is 3.63. The smallest absolute Gasteiger partial charge is 0.184 e. The number of nitrogens with one attached hydrogen (secondary N) is 1. The molecule has 3 heteroatoms. The molecule has 1 aliphatic heterocycles. The summed E-state index contributed by atoms with van der Waals surface area (Å²) in [5.74, 6) is 0. The number of benzene rings is 4. The van der Waals surface area contributed by atoms with Crippen LogP contribution >= 0.6 is 0 Å². The Morgan fingerprint density at radius 3 is 2.11 bits per heavy atom. The molecule has 1 heterocycles. The number of fused-ring (bicyclic) bond motifs is 6. The van der Waals surface area contributed by atoms with Gasteiger partial charge in [-0.1, -0.05) is 62.4 Å².